The average molecular weight is 410 g/mol. The zero-order valence-corrected chi connectivity index (χ0v) is 17.3. The van der Waals surface area contributed by atoms with Crippen LogP contribution in [-0.2, 0) is 10.5 Å². The van der Waals surface area contributed by atoms with Crippen molar-refractivity contribution in [3.8, 4) is 11.5 Å². The van der Waals surface area contributed by atoms with Gasteiger partial charge in [0, 0.05) is 17.9 Å². The first-order valence-corrected chi connectivity index (χ1v) is 10.4. The third-order valence-electron chi connectivity index (χ3n) is 3.55. The number of aromatic nitrogens is 2. The fraction of sp³-hybridized carbons (Fsp3) is 0.389. The van der Waals surface area contributed by atoms with Crippen LogP contribution in [0.5, 0.6) is 11.5 Å². The van der Waals surface area contributed by atoms with Crippen LogP contribution in [-0.4, -0.2) is 41.1 Å². The quantitative estimate of drug-likeness (QED) is 0.485. The second kappa shape index (κ2) is 10.3. The molecule has 2 N–H and O–H groups in total. The van der Waals surface area contributed by atoms with Crippen LogP contribution >= 0.6 is 23.5 Å². The molecule has 0 aliphatic heterocycles. The van der Waals surface area contributed by atoms with E-state index in [1.165, 1.54) is 24.9 Å². The van der Waals surface area contributed by atoms with Crippen LogP contribution in [0.1, 0.15) is 19.5 Å². The summed E-state index contributed by atoms with van der Waals surface area (Å²) in [7, 11) is 3.09. The van der Waals surface area contributed by atoms with Crippen LogP contribution in [0, 0.1) is 0 Å². The number of amides is 1. The lowest BCUT2D eigenvalue weighted by molar-refractivity contribution is -0.115. The summed E-state index contributed by atoms with van der Waals surface area (Å²) < 4.78 is 10.5. The number of H-pyrrole nitrogens is 1. The van der Waals surface area contributed by atoms with E-state index in [9.17, 15) is 9.59 Å². The Kier molecular flexibility index (Phi) is 8.05. The molecule has 0 aliphatic carbocycles. The Balaban J connectivity index is 2.10. The molecule has 2 rings (SSSR count). The molecular formula is C18H23N3O4S2. The number of anilines is 1. The zero-order chi connectivity index (χ0) is 19.8. The Labute approximate surface area is 166 Å². The number of nitrogens with zero attached hydrogens (tertiary/aromatic N) is 1. The highest BCUT2D eigenvalue weighted by atomic mass is 32.2. The van der Waals surface area contributed by atoms with E-state index in [2.05, 4.69) is 15.3 Å². The van der Waals surface area contributed by atoms with Gasteiger partial charge in [0.05, 0.1) is 30.9 Å². The monoisotopic (exact) mass is 409 g/mol. The summed E-state index contributed by atoms with van der Waals surface area (Å²) in [5, 5.41) is 2.78. The summed E-state index contributed by atoms with van der Waals surface area (Å²) in [5.41, 5.74) is 1.00. The molecule has 9 heteroatoms. The molecule has 0 spiro atoms. The predicted octanol–water partition coefficient (Wildman–Crippen LogP) is 3.16. The average Bonchev–Trinajstić information content (AvgIpc) is 2.65. The number of carbonyl (C=O) groups is 1. The number of thioether (sulfide) groups is 2. The Morgan fingerprint density at radius 1 is 1.30 bits per heavy atom. The van der Waals surface area contributed by atoms with Gasteiger partial charge in [0.25, 0.3) is 5.56 Å². The Bertz CT molecular complexity index is 842. The van der Waals surface area contributed by atoms with Gasteiger partial charge in [-0.05, 0) is 24.8 Å². The van der Waals surface area contributed by atoms with Gasteiger partial charge in [-0.3, -0.25) is 9.59 Å². The fourth-order valence-electron chi connectivity index (χ4n) is 2.19. The zero-order valence-electron chi connectivity index (χ0n) is 15.7. The number of rotatable bonds is 9. The Morgan fingerprint density at radius 3 is 2.74 bits per heavy atom. The molecule has 0 saturated carbocycles. The van der Waals surface area contributed by atoms with Crippen LogP contribution in [0.3, 0.4) is 0 Å². The number of carbonyl (C=O) groups excluding carboxylic acids is 1. The number of methoxy groups -OCH3 is 2. The van der Waals surface area contributed by atoms with Crippen LogP contribution in [0.2, 0.25) is 0 Å². The molecule has 0 aliphatic rings. The highest BCUT2D eigenvalue weighted by Crippen LogP contribution is 2.30. The molecule has 1 aromatic heterocycles. The van der Waals surface area contributed by atoms with Crippen molar-refractivity contribution in [2.75, 3.05) is 25.3 Å². The summed E-state index contributed by atoms with van der Waals surface area (Å²) in [5.74, 6) is 2.51. The molecule has 1 unspecified atom stereocenters. The molecular weight excluding hydrogens is 386 g/mol. The summed E-state index contributed by atoms with van der Waals surface area (Å²) >= 11 is 2.88. The van der Waals surface area contributed by atoms with Crippen molar-refractivity contribution in [3.05, 3.63) is 40.3 Å². The lowest BCUT2D eigenvalue weighted by Crippen LogP contribution is -2.23. The number of hydrogen-bond acceptors (Lipinski definition) is 7. The van der Waals surface area contributed by atoms with Crippen molar-refractivity contribution in [1.29, 1.82) is 0 Å². The van der Waals surface area contributed by atoms with Crippen molar-refractivity contribution in [1.82, 2.24) is 9.97 Å². The van der Waals surface area contributed by atoms with Crippen molar-refractivity contribution in [2.24, 2.45) is 0 Å². The van der Waals surface area contributed by atoms with Gasteiger partial charge in [-0.1, -0.05) is 18.7 Å². The van der Waals surface area contributed by atoms with Crippen LogP contribution in [0.15, 0.2) is 34.2 Å². The van der Waals surface area contributed by atoms with Crippen molar-refractivity contribution in [3.63, 3.8) is 0 Å². The number of aromatic amines is 1. The van der Waals surface area contributed by atoms with Gasteiger partial charge in [-0.15, -0.1) is 0 Å². The maximum absolute atomic E-state index is 12.6. The van der Waals surface area contributed by atoms with Crippen molar-refractivity contribution in [2.45, 2.75) is 30.0 Å². The number of ether oxygens (including phenoxy) is 2. The van der Waals surface area contributed by atoms with E-state index in [0.717, 1.165) is 5.75 Å². The first-order valence-electron chi connectivity index (χ1n) is 8.34. The van der Waals surface area contributed by atoms with Gasteiger partial charge in [0.2, 0.25) is 5.91 Å². The lowest BCUT2D eigenvalue weighted by atomic mass is 10.2. The third-order valence-corrected chi connectivity index (χ3v) is 5.44. The van der Waals surface area contributed by atoms with E-state index in [0.29, 0.717) is 33.8 Å². The van der Waals surface area contributed by atoms with Gasteiger partial charge >= 0.3 is 0 Å². The molecule has 1 amide bonds. The highest BCUT2D eigenvalue weighted by molar-refractivity contribution is 8.00. The normalized spacial score (nSPS) is 11.7. The standard InChI is InChI=1S/C18H23N3O4S2/c1-5-26-10-12-8-16(22)21-18(19-12)27-11(2)17(23)20-14-9-13(24-3)6-7-15(14)25-4/h6-9,11H,5,10H2,1-4H3,(H,20,23)(H,19,21,22). The minimum atomic E-state index is -0.474. The fourth-order valence-corrected chi connectivity index (χ4v) is 3.58. The van der Waals surface area contributed by atoms with Crippen LogP contribution < -0.4 is 20.3 Å². The van der Waals surface area contributed by atoms with E-state index < -0.39 is 5.25 Å². The van der Waals surface area contributed by atoms with Crippen molar-refractivity contribution >= 4 is 35.1 Å². The first kappa shape index (κ1) is 21.2. The molecule has 146 valence electrons. The van der Waals surface area contributed by atoms with Gasteiger partial charge in [0.1, 0.15) is 11.5 Å². The minimum Gasteiger partial charge on any atom is -0.497 e. The van der Waals surface area contributed by atoms with Gasteiger partial charge in [-0.2, -0.15) is 11.8 Å². The van der Waals surface area contributed by atoms with Crippen LogP contribution in [0.25, 0.3) is 0 Å². The largest absolute Gasteiger partial charge is 0.497 e. The lowest BCUT2D eigenvalue weighted by Gasteiger charge is -2.15. The second-order valence-corrected chi connectivity index (χ2v) is 8.10. The molecule has 2 aromatic rings. The van der Waals surface area contributed by atoms with E-state index in [1.807, 2.05) is 6.92 Å². The molecule has 0 saturated heterocycles. The smallest absolute Gasteiger partial charge is 0.251 e. The number of benzene rings is 1. The predicted molar refractivity (Wildman–Crippen MR) is 110 cm³/mol. The molecule has 27 heavy (non-hydrogen) atoms. The van der Waals surface area contributed by atoms with E-state index in [4.69, 9.17) is 9.47 Å². The summed E-state index contributed by atoms with van der Waals surface area (Å²) in [6.45, 7) is 3.80. The third kappa shape index (κ3) is 6.21. The van der Waals surface area contributed by atoms with E-state index in [1.54, 1.807) is 44.0 Å². The molecule has 0 bridgehead atoms. The maximum Gasteiger partial charge on any atom is 0.251 e. The first-order chi connectivity index (χ1) is 13.0. The van der Waals surface area contributed by atoms with E-state index in [-0.39, 0.29) is 11.5 Å². The molecule has 0 fully saturated rings. The van der Waals surface area contributed by atoms with Crippen LogP contribution in [0.4, 0.5) is 5.69 Å². The number of nitrogens with one attached hydrogen (secondary N) is 2. The summed E-state index contributed by atoms with van der Waals surface area (Å²) in [6, 6.07) is 6.65. The number of hydrogen-bond donors (Lipinski definition) is 2. The van der Waals surface area contributed by atoms with Gasteiger partial charge in [0.15, 0.2) is 5.16 Å². The van der Waals surface area contributed by atoms with Gasteiger partial charge < -0.3 is 19.8 Å². The molecule has 7 nitrogen and oxygen atoms in total. The Hall–Kier alpha value is -2.13. The second-order valence-electron chi connectivity index (χ2n) is 5.49. The summed E-state index contributed by atoms with van der Waals surface area (Å²) in [4.78, 5) is 31.5. The Morgan fingerprint density at radius 2 is 2.07 bits per heavy atom. The highest BCUT2D eigenvalue weighted by Gasteiger charge is 2.18. The van der Waals surface area contributed by atoms with Crippen molar-refractivity contribution < 1.29 is 14.3 Å². The SMILES string of the molecule is CCSCc1cc(=O)[nH]c(SC(C)C(=O)Nc2cc(OC)ccc2OC)n1. The summed E-state index contributed by atoms with van der Waals surface area (Å²) in [6.07, 6.45) is 0. The topological polar surface area (TPSA) is 93.3 Å². The maximum atomic E-state index is 12.6. The molecule has 0 radical (unpaired) electrons. The molecule has 1 aromatic carbocycles. The van der Waals surface area contributed by atoms with E-state index >= 15 is 0 Å². The molecule has 1 heterocycles. The molecule has 1 atom stereocenters. The minimum absolute atomic E-state index is 0.221. The van der Waals surface area contributed by atoms with Gasteiger partial charge in [-0.25, -0.2) is 4.98 Å².